The maximum absolute atomic E-state index is 13.1. The average molecular weight is 206 g/mol. The summed E-state index contributed by atoms with van der Waals surface area (Å²) in [7, 11) is 0. The number of benzene rings is 1. The van der Waals surface area contributed by atoms with Crippen LogP contribution >= 0.6 is 0 Å². The average Bonchev–Trinajstić information content (AvgIpc) is 2.19. The van der Waals surface area contributed by atoms with E-state index < -0.39 is 17.2 Å². The van der Waals surface area contributed by atoms with E-state index in [1.54, 1.807) is 0 Å². The molecule has 0 radical (unpaired) electrons. The normalized spacial score (nSPS) is 10.5. The summed E-state index contributed by atoms with van der Waals surface area (Å²) in [6, 6.07) is 3.38. The molecular formula is C11H7FO3. The molecule has 0 atom stereocenters. The van der Waals surface area contributed by atoms with Crippen LogP contribution in [0, 0.1) is 5.82 Å². The molecule has 0 aliphatic rings. The Morgan fingerprint density at radius 1 is 1.40 bits per heavy atom. The van der Waals surface area contributed by atoms with Crippen LogP contribution < -0.4 is 5.63 Å². The summed E-state index contributed by atoms with van der Waals surface area (Å²) in [5.74, 6) is -1.31. The molecule has 1 aromatic carbocycles. The molecule has 4 heteroatoms. The van der Waals surface area contributed by atoms with E-state index in [4.69, 9.17) is 9.52 Å². The van der Waals surface area contributed by atoms with E-state index in [2.05, 4.69) is 6.58 Å². The molecule has 3 nitrogen and oxygen atoms in total. The predicted molar refractivity (Wildman–Crippen MR) is 54.2 cm³/mol. The molecule has 1 aromatic heterocycles. The summed E-state index contributed by atoms with van der Waals surface area (Å²) in [5.41, 5.74) is 0.0415. The Balaban J connectivity index is 2.97. The molecule has 0 saturated carbocycles. The number of hydrogen-bond donors (Lipinski definition) is 1. The van der Waals surface area contributed by atoms with Crippen molar-refractivity contribution < 1.29 is 13.9 Å². The van der Waals surface area contributed by atoms with Crippen molar-refractivity contribution in [1.82, 2.24) is 0 Å². The van der Waals surface area contributed by atoms with Crippen molar-refractivity contribution in [2.75, 3.05) is 0 Å². The molecule has 0 bridgehead atoms. The number of halogens is 1. The minimum absolute atomic E-state index is 0.135. The number of aromatic hydroxyl groups is 1. The zero-order valence-corrected chi connectivity index (χ0v) is 7.66. The molecule has 0 unspecified atom stereocenters. The van der Waals surface area contributed by atoms with Gasteiger partial charge in [-0.15, -0.1) is 0 Å². The first kappa shape index (κ1) is 9.45. The summed E-state index contributed by atoms with van der Waals surface area (Å²) < 4.78 is 17.9. The third kappa shape index (κ3) is 1.50. The minimum atomic E-state index is -0.764. The van der Waals surface area contributed by atoms with Crippen LogP contribution in [0.4, 0.5) is 4.39 Å². The molecule has 0 aliphatic heterocycles. The van der Waals surface area contributed by atoms with E-state index in [1.165, 1.54) is 12.1 Å². The minimum Gasteiger partial charge on any atom is -0.505 e. The van der Waals surface area contributed by atoms with Crippen LogP contribution in [0.2, 0.25) is 0 Å². The van der Waals surface area contributed by atoms with Crippen LogP contribution in [-0.2, 0) is 0 Å². The van der Waals surface area contributed by atoms with E-state index >= 15 is 0 Å². The van der Waals surface area contributed by atoms with E-state index in [0.29, 0.717) is 10.9 Å². The molecule has 76 valence electrons. The SMILES string of the molecule is C=Cc1cc(=O)oc2cc(O)c(F)cc12. The first-order chi connectivity index (χ1) is 7.11. The Kier molecular flexibility index (Phi) is 2.04. The lowest BCUT2D eigenvalue weighted by atomic mass is 10.1. The van der Waals surface area contributed by atoms with Gasteiger partial charge in [-0.1, -0.05) is 12.7 Å². The highest BCUT2D eigenvalue weighted by molar-refractivity contribution is 5.86. The zero-order chi connectivity index (χ0) is 11.0. The Hall–Kier alpha value is -2.10. The largest absolute Gasteiger partial charge is 0.505 e. The topological polar surface area (TPSA) is 50.4 Å². The number of fused-ring (bicyclic) bond motifs is 1. The summed E-state index contributed by atoms with van der Waals surface area (Å²) in [5, 5.41) is 9.51. The Morgan fingerprint density at radius 3 is 2.80 bits per heavy atom. The first-order valence-corrected chi connectivity index (χ1v) is 4.20. The maximum atomic E-state index is 13.1. The molecule has 1 N–H and O–H groups in total. The Bertz CT molecular complexity index is 599. The fourth-order valence-electron chi connectivity index (χ4n) is 1.36. The standard InChI is InChI=1S/C11H7FO3/c1-2-6-3-11(14)15-10-5-9(13)8(12)4-7(6)10/h2-5,13H,1H2. The molecule has 2 rings (SSSR count). The summed E-state index contributed by atoms with van der Waals surface area (Å²) in [6.07, 6.45) is 1.43. The smallest absolute Gasteiger partial charge is 0.336 e. The number of rotatable bonds is 1. The number of hydrogen-bond acceptors (Lipinski definition) is 3. The van der Waals surface area contributed by atoms with Gasteiger partial charge < -0.3 is 9.52 Å². The lowest BCUT2D eigenvalue weighted by molar-refractivity contribution is 0.431. The van der Waals surface area contributed by atoms with Gasteiger partial charge in [0.25, 0.3) is 0 Å². The molecule has 0 aliphatic carbocycles. The van der Waals surface area contributed by atoms with Crippen LogP contribution in [0.3, 0.4) is 0 Å². The fraction of sp³-hybridized carbons (Fsp3) is 0. The van der Waals surface area contributed by atoms with Crippen molar-refractivity contribution in [3.05, 3.63) is 46.6 Å². The maximum Gasteiger partial charge on any atom is 0.336 e. The third-order valence-electron chi connectivity index (χ3n) is 2.06. The van der Waals surface area contributed by atoms with Crippen LogP contribution in [-0.4, -0.2) is 5.11 Å². The van der Waals surface area contributed by atoms with Gasteiger partial charge in [-0.3, -0.25) is 0 Å². The molecule has 1 heterocycles. The highest BCUT2D eigenvalue weighted by Crippen LogP contribution is 2.25. The third-order valence-corrected chi connectivity index (χ3v) is 2.06. The van der Waals surface area contributed by atoms with Gasteiger partial charge in [0, 0.05) is 17.5 Å². The monoisotopic (exact) mass is 206 g/mol. The van der Waals surface area contributed by atoms with Crippen molar-refractivity contribution >= 4 is 17.0 Å². The predicted octanol–water partition coefficient (Wildman–Crippen LogP) is 2.28. The van der Waals surface area contributed by atoms with Crippen LogP contribution in [0.1, 0.15) is 5.56 Å². The van der Waals surface area contributed by atoms with Crippen LogP contribution in [0.15, 0.2) is 34.0 Å². The number of phenolic OH excluding ortho intramolecular Hbond substituents is 1. The highest BCUT2D eigenvalue weighted by Gasteiger charge is 2.08. The lowest BCUT2D eigenvalue weighted by Gasteiger charge is -2.01. The van der Waals surface area contributed by atoms with Crippen molar-refractivity contribution in [2.45, 2.75) is 0 Å². The first-order valence-electron chi connectivity index (χ1n) is 4.20. The molecule has 0 saturated heterocycles. The van der Waals surface area contributed by atoms with Gasteiger partial charge in [0.15, 0.2) is 11.6 Å². The van der Waals surface area contributed by atoms with E-state index in [9.17, 15) is 9.18 Å². The van der Waals surface area contributed by atoms with E-state index in [0.717, 1.165) is 12.1 Å². The summed E-state index contributed by atoms with van der Waals surface area (Å²) >= 11 is 0. The zero-order valence-electron chi connectivity index (χ0n) is 7.66. The molecule has 0 spiro atoms. The summed E-state index contributed by atoms with van der Waals surface area (Å²) in [4.78, 5) is 11.1. The molecule has 2 aromatic rings. The molecule has 0 fully saturated rings. The van der Waals surface area contributed by atoms with Crippen molar-refractivity contribution in [2.24, 2.45) is 0 Å². The molecule has 15 heavy (non-hydrogen) atoms. The second-order valence-corrected chi connectivity index (χ2v) is 3.02. The van der Waals surface area contributed by atoms with Crippen molar-refractivity contribution in [1.29, 1.82) is 0 Å². The van der Waals surface area contributed by atoms with Crippen molar-refractivity contribution in [3.8, 4) is 5.75 Å². The van der Waals surface area contributed by atoms with Gasteiger partial charge in [0.1, 0.15) is 5.58 Å². The van der Waals surface area contributed by atoms with Crippen LogP contribution in [0.25, 0.3) is 17.0 Å². The Morgan fingerprint density at radius 2 is 2.13 bits per heavy atom. The van der Waals surface area contributed by atoms with Gasteiger partial charge in [0.05, 0.1) is 0 Å². The summed E-state index contributed by atoms with van der Waals surface area (Å²) in [6.45, 7) is 3.51. The molecular weight excluding hydrogens is 199 g/mol. The second-order valence-electron chi connectivity index (χ2n) is 3.02. The lowest BCUT2D eigenvalue weighted by Crippen LogP contribution is -1.98. The van der Waals surface area contributed by atoms with E-state index in [-0.39, 0.29) is 5.58 Å². The van der Waals surface area contributed by atoms with Crippen LogP contribution in [0.5, 0.6) is 5.75 Å². The Labute approximate surface area is 84.1 Å². The fourth-order valence-corrected chi connectivity index (χ4v) is 1.36. The van der Waals surface area contributed by atoms with Gasteiger partial charge in [-0.2, -0.15) is 0 Å². The van der Waals surface area contributed by atoms with Crippen molar-refractivity contribution in [3.63, 3.8) is 0 Å². The quantitative estimate of drug-likeness (QED) is 0.728. The number of phenols is 1. The van der Waals surface area contributed by atoms with Gasteiger partial charge >= 0.3 is 5.63 Å². The van der Waals surface area contributed by atoms with Gasteiger partial charge in [0.2, 0.25) is 0 Å². The second kappa shape index (κ2) is 3.24. The molecule has 0 amide bonds. The van der Waals surface area contributed by atoms with E-state index in [1.807, 2.05) is 0 Å². The van der Waals surface area contributed by atoms with Gasteiger partial charge in [-0.25, -0.2) is 9.18 Å². The highest BCUT2D eigenvalue weighted by atomic mass is 19.1. The van der Waals surface area contributed by atoms with Gasteiger partial charge in [-0.05, 0) is 11.6 Å².